The summed E-state index contributed by atoms with van der Waals surface area (Å²) in [6, 6.07) is 0. The lowest BCUT2D eigenvalue weighted by atomic mass is 10.1. The highest BCUT2D eigenvalue weighted by Gasteiger charge is 2.19. The number of hydrogen-bond donors (Lipinski definition) is 0. The smallest absolute Gasteiger partial charge is 0.306 e. The minimum Gasteiger partial charge on any atom is -0.462 e. The summed E-state index contributed by atoms with van der Waals surface area (Å²) in [7, 11) is 0. The van der Waals surface area contributed by atoms with E-state index in [9.17, 15) is 14.4 Å². The molecular formula is C73H116O6. The third-order valence-corrected chi connectivity index (χ3v) is 13.0. The Morgan fingerprint density at radius 2 is 0.494 bits per heavy atom. The second-order valence-corrected chi connectivity index (χ2v) is 20.5. The molecule has 0 aliphatic heterocycles. The lowest BCUT2D eigenvalue weighted by Crippen LogP contribution is -2.30. The Kier molecular flexibility index (Phi) is 61.4. The van der Waals surface area contributed by atoms with Crippen molar-refractivity contribution < 1.29 is 28.6 Å². The van der Waals surface area contributed by atoms with Gasteiger partial charge in [0, 0.05) is 19.3 Å². The van der Waals surface area contributed by atoms with Crippen molar-refractivity contribution in [1.29, 1.82) is 0 Å². The molecule has 0 aromatic carbocycles. The molecule has 1 atom stereocenters. The summed E-state index contributed by atoms with van der Waals surface area (Å²) >= 11 is 0. The molecule has 79 heavy (non-hydrogen) atoms. The highest BCUT2D eigenvalue weighted by molar-refractivity contribution is 5.71. The van der Waals surface area contributed by atoms with Gasteiger partial charge in [-0.05, 0) is 148 Å². The maximum Gasteiger partial charge on any atom is 0.306 e. The Balaban J connectivity index is 4.50. The van der Waals surface area contributed by atoms with Crippen LogP contribution in [0.15, 0.2) is 158 Å². The predicted octanol–water partition coefficient (Wildman–Crippen LogP) is 22.1. The molecule has 0 aromatic heterocycles. The zero-order valence-electron chi connectivity index (χ0n) is 50.8. The molecule has 0 aromatic rings. The van der Waals surface area contributed by atoms with Gasteiger partial charge in [0.05, 0.1) is 0 Å². The number of allylic oxidation sites excluding steroid dienone is 26. The van der Waals surface area contributed by atoms with E-state index in [0.29, 0.717) is 25.7 Å². The first-order valence-corrected chi connectivity index (χ1v) is 32.0. The summed E-state index contributed by atoms with van der Waals surface area (Å²) < 4.78 is 16.9. The van der Waals surface area contributed by atoms with E-state index in [-0.39, 0.29) is 31.1 Å². The molecule has 6 nitrogen and oxygen atoms in total. The zero-order valence-corrected chi connectivity index (χ0v) is 50.8. The van der Waals surface area contributed by atoms with E-state index in [1.165, 1.54) is 70.6 Å². The average Bonchev–Trinajstić information content (AvgIpc) is 3.45. The van der Waals surface area contributed by atoms with Crippen molar-refractivity contribution in [3.63, 3.8) is 0 Å². The van der Waals surface area contributed by atoms with E-state index in [0.717, 1.165) is 148 Å². The molecule has 0 rings (SSSR count). The maximum atomic E-state index is 12.9. The molecule has 1 unspecified atom stereocenters. The van der Waals surface area contributed by atoms with E-state index in [4.69, 9.17) is 14.2 Å². The van der Waals surface area contributed by atoms with Crippen molar-refractivity contribution in [3.8, 4) is 0 Å². The van der Waals surface area contributed by atoms with E-state index < -0.39 is 6.10 Å². The molecule has 0 saturated carbocycles. The summed E-state index contributed by atoms with van der Waals surface area (Å²) in [6.07, 6.45) is 95.3. The molecular weight excluding hydrogens is 973 g/mol. The Bertz CT molecular complexity index is 1780. The fourth-order valence-electron chi connectivity index (χ4n) is 8.27. The SMILES string of the molecule is CC/C=C\C/C=C\C/C=C\C/C=C\C/C=C\C/C=C\C/C=C\C/C=C\CCCCC(=O)OCC(COC(=O)CCCCCCCCC/C=C\C/C=C\CCCCC)OC(=O)CCCCCCCCC/C=C\C/C=C\C/C=C\CC. The summed E-state index contributed by atoms with van der Waals surface area (Å²) in [5.41, 5.74) is 0. The number of esters is 3. The minimum absolute atomic E-state index is 0.106. The summed E-state index contributed by atoms with van der Waals surface area (Å²) in [5.74, 6) is -0.972. The van der Waals surface area contributed by atoms with E-state index in [1.54, 1.807) is 0 Å². The molecule has 0 N–H and O–H groups in total. The fraction of sp³-hybridized carbons (Fsp3) is 0.603. The molecule has 0 aliphatic carbocycles. The number of rotatable bonds is 56. The molecule has 0 bridgehead atoms. The van der Waals surface area contributed by atoms with Gasteiger partial charge in [-0.3, -0.25) is 14.4 Å². The molecule has 0 spiro atoms. The molecule has 6 heteroatoms. The van der Waals surface area contributed by atoms with Crippen molar-refractivity contribution in [2.45, 2.75) is 271 Å². The largest absolute Gasteiger partial charge is 0.462 e. The van der Waals surface area contributed by atoms with Gasteiger partial charge >= 0.3 is 17.9 Å². The van der Waals surface area contributed by atoms with Crippen molar-refractivity contribution in [2.75, 3.05) is 13.2 Å². The van der Waals surface area contributed by atoms with Gasteiger partial charge < -0.3 is 14.2 Å². The fourth-order valence-corrected chi connectivity index (χ4v) is 8.27. The van der Waals surface area contributed by atoms with Crippen LogP contribution < -0.4 is 0 Å². The standard InChI is InChI=1S/C73H116O6/c1-4-7-10-13-16-19-22-25-28-31-32-33-34-35-36-37-38-39-40-43-45-48-51-54-57-60-63-66-72(75)78-69-70(79-73(76)67-64-61-58-55-52-49-46-42-30-27-24-21-18-15-12-9-6-3)68-77-71(74)65-62-59-56-53-50-47-44-41-29-26-23-20-17-14-11-8-5-2/h7,9-10,12,16-21,25-30,32-33,35-36,38-39,43,45,51,54,70H,4-6,8,11,13-15,22-24,31,34,37,40-42,44,46-50,52-53,55-69H2,1-3H3/b10-7-,12-9-,19-16-,20-17-,21-18-,28-25-,29-26-,30-27-,33-32-,36-35-,39-38-,45-43-,54-51-. The minimum atomic E-state index is -0.814. The van der Waals surface area contributed by atoms with Gasteiger partial charge in [0.1, 0.15) is 13.2 Å². The third kappa shape index (κ3) is 63.7. The first kappa shape index (κ1) is 74.0. The molecule has 444 valence electrons. The Morgan fingerprint density at radius 1 is 0.266 bits per heavy atom. The van der Waals surface area contributed by atoms with Crippen molar-refractivity contribution in [2.24, 2.45) is 0 Å². The van der Waals surface area contributed by atoms with Crippen LogP contribution in [0, 0.1) is 0 Å². The lowest BCUT2D eigenvalue weighted by Gasteiger charge is -2.18. The average molecular weight is 1090 g/mol. The van der Waals surface area contributed by atoms with E-state index >= 15 is 0 Å². The van der Waals surface area contributed by atoms with Gasteiger partial charge in [-0.1, -0.05) is 256 Å². The molecule has 0 fully saturated rings. The number of hydrogen-bond acceptors (Lipinski definition) is 6. The van der Waals surface area contributed by atoms with E-state index in [1.807, 2.05) is 0 Å². The second kappa shape index (κ2) is 65.5. The monoisotopic (exact) mass is 1090 g/mol. The molecule has 0 radical (unpaired) electrons. The van der Waals surface area contributed by atoms with Crippen LogP contribution in [0.5, 0.6) is 0 Å². The Hall–Kier alpha value is -4.97. The molecule has 0 amide bonds. The van der Waals surface area contributed by atoms with Crippen LogP contribution in [0.4, 0.5) is 0 Å². The Labute approximate surface area is 486 Å². The number of carbonyl (C=O) groups excluding carboxylic acids is 3. The highest BCUT2D eigenvalue weighted by atomic mass is 16.6. The van der Waals surface area contributed by atoms with E-state index in [2.05, 4.69) is 179 Å². The van der Waals surface area contributed by atoms with Gasteiger partial charge in [0.15, 0.2) is 6.10 Å². The summed E-state index contributed by atoms with van der Waals surface area (Å²) in [4.78, 5) is 38.3. The Morgan fingerprint density at radius 3 is 0.797 bits per heavy atom. The van der Waals surface area contributed by atoms with Crippen LogP contribution in [0.2, 0.25) is 0 Å². The van der Waals surface area contributed by atoms with Crippen LogP contribution in [-0.2, 0) is 28.6 Å². The molecule has 0 heterocycles. The highest BCUT2D eigenvalue weighted by Crippen LogP contribution is 2.14. The van der Waals surface area contributed by atoms with Crippen molar-refractivity contribution in [3.05, 3.63) is 158 Å². The van der Waals surface area contributed by atoms with Crippen LogP contribution in [0.1, 0.15) is 265 Å². The second-order valence-electron chi connectivity index (χ2n) is 20.5. The quantitative estimate of drug-likeness (QED) is 0.0261. The van der Waals surface area contributed by atoms with Crippen molar-refractivity contribution in [1.82, 2.24) is 0 Å². The first-order chi connectivity index (χ1) is 39.0. The summed E-state index contributed by atoms with van der Waals surface area (Å²) in [6.45, 7) is 6.34. The third-order valence-electron chi connectivity index (χ3n) is 13.0. The first-order valence-electron chi connectivity index (χ1n) is 32.0. The molecule has 0 aliphatic rings. The lowest BCUT2D eigenvalue weighted by molar-refractivity contribution is -0.167. The topological polar surface area (TPSA) is 78.9 Å². The van der Waals surface area contributed by atoms with Gasteiger partial charge in [0.25, 0.3) is 0 Å². The van der Waals surface area contributed by atoms with Gasteiger partial charge in [-0.2, -0.15) is 0 Å². The normalized spacial score (nSPS) is 13.2. The van der Waals surface area contributed by atoms with Crippen LogP contribution >= 0.6 is 0 Å². The maximum absolute atomic E-state index is 12.9. The van der Waals surface area contributed by atoms with Crippen LogP contribution in [-0.4, -0.2) is 37.2 Å². The van der Waals surface area contributed by atoms with Crippen molar-refractivity contribution >= 4 is 17.9 Å². The van der Waals surface area contributed by atoms with Gasteiger partial charge in [0.2, 0.25) is 0 Å². The van der Waals surface area contributed by atoms with Crippen LogP contribution in [0.3, 0.4) is 0 Å². The van der Waals surface area contributed by atoms with Gasteiger partial charge in [-0.25, -0.2) is 0 Å². The molecule has 0 saturated heterocycles. The summed E-state index contributed by atoms with van der Waals surface area (Å²) in [5, 5.41) is 0. The van der Waals surface area contributed by atoms with Gasteiger partial charge in [-0.15, -0.1) is 0 Å². The van der Waals surface area contributed by atoms with Crippen LogP contribution in [0.25, 0.3) is 0 Å². The predicted molar refractivity (Wildman–Crippen MR) is 343 cm³/mol. The zero-order chi connectivity index (χ0) is 57.1. The number of unbranched alkanes of at least 4 members (excludes halogenated alkanes) is 19. The number of carbonyl (C=O) groups is 3. The number of ether oxygens (including phenoxy) is 3.